The number of ether oxygens (including phenoxy) is 8. The first-order valence-corrected chi connectivity index (χ1v) is 20.4. The largest absolute Gasteiger partial charge is 0.507 e. The summed E-state index contributed by atoms with van der Waals surface area (Å²) in [5.74, 6) is -2.06. The fourth-order valence-corrected chi connectivity index (χ4v) is 7.62. The summed E-state index contributed by atoms with van der Waals surface area (Å²) in [6.07, 6.45) is -23.6. The lowest BCUT2D eigenvalue weighted by Gasteiger charge is -2.48. The molecule has 3 saturated heterocycles. The maximum atomic E-state index is 11.3. The highest BCUT2D eigenvalue weighted by molar-refractivity contribution is 5.88. The Balaban J connectivity index is 1.01. The van der Waals surface area contributed by atoms with Gasteiger partial charge in [0.1, 0.15) is 90.1 Å². The molecule has 66 heavy (non-hydrogen) atoms. The summed E-state index contributed by atoms with van der Waals surface area (Å²) in [4.78, 5) is 0. The van der Waals surface area contributed by atoms with Gasteiger partial charge in [-0.25, -0.2) is 4.42 Å². The van der Waals surface area contributed by atoms with Crippen LogP contribution < -0.4 is 9.47 Å². The summed E-state index contributed by atoms with van der Waals surface area (Å²) in [5, 5.41) is 148. The first-order chi connectivity index (χ1) is 31.5. The van der Waals surface area contributed by atoms with E-state index in [2.05, 4.69) is 0 Å². The van der Waals surface area contributed by atoms with E-state index in [0.29, 0.717) is 5.56 Å². The molecule has 0 radical (unpaired) electrons. The van der Waals surface area contributed by atoms with Crippen LogP contribution in [0.2, 0.25) is 0 Å². The van der Waals surface area contributed by atoms with Crippen molar-refractivity contribution in [3.05, 3.63) is 66.2 Å². The van der Waals surface area contributed by atoms with Crippen molar-refractivity contribution in [2.24, 2.45) is 0 Å². The number of hydrogen-bond acceptors (Lipinski definition) is 22. The Morgan fingerprint density at radius 3 is 1.83 bits per heavy atom. The van der Waals surface area contributed by atoms with Crippen molar-refractivity contribution in [2.45, 2.75) is 92.1 Å². The lowest BCUT2D eigenvalue weighted by atomic mass is 9.96. The molecule has 4 heterocycles. The third kappa shape index (κ3) is 10.2. The highest BCUT2D eigenvalue weighted by Gasteiger charge is 2.54. The molecule has 23 nitrogen and oxygen atoms in total. The van der Waals surface area contributed by atoms with Crippen LogP contribution in [0.3, 0.4) is 0 Å². The first kappa shape index (κ1) is 48.7. The number of methoxy groups -OCH3 is 1. The minimum absolute atomic E-state index is 0.00396. The van der Waals surface area contributed by atoms with E-state index < -0.39 is 123 Å². The summed E-state index contributed by atoms with van der Waals surface area (Å²) in [5.41, 5.74) is 0.717. The first-order valence-electron chi connectivity index (χ1n) is 20.4. The molecule has 1 aromatic heterocycles. The van der Waals surface area contributed by atoms with E-state index in [1.807, 2.05) is 0 Å². The number of fused-ring (bicyclic) bond motifs is 1. The molecule has 0 bridgehead atoms. The van der Waals surface area contributed by atoms with Crippen LogP contribution in [0.5, 0.6) is 40.2 Å². The summed E-state index contributed by atoms with van der Waals surface area (Å²) >= 11 is 0. The fraction of sp³-hybridized carbons (Fsp3) is 0.465. The quantitative estimate of drug-likeness (QED) is 0.0366. The van der Waals surface area contributed by atoms with Gasteiger partial charge in [0.05, 0.1) is 45.2 Å². The number of aromatic hydroxyl groups is 5. The summed E-state index contributed by atoms with van der Waals surface area (Å²) in [7, 11) is 1.40. The van der Waals surface area contributed by atoms with Gasteiger partial charge in [0, 0.05) is 18.2 Å². The highest BCUT2D eigenvalue weighted by Crippen LogP contribution is 2.43. The number of aliphatic hydroxyl groups is 9. The fourth-order valence-electron chi connectivity index (χ4n) is 7.62. The normalized spacial score (nSPS) is 32.7. The molecule has 360 valence electrons. The predicted octanol–water partition coefficient (Wildman–Crippen LogP) is -1.52. The van der Waals surface area contributed by atoms with Gasteiger partial charge in [-0.05, 0) is 29.8 Å². The van der Waals surface area contributed by atoms with E-state index in [9.17, 15) is 71.5 Å². The molecule has 3 fully saturated rings. The van der Waals surface area contributed by atoms with E-state index >= 15 is 0 Å². The molecule has 0 amide bonds. The Kier molecular flexibility index (Phi) is 15.3. The SMILES string of the molecule is COc1cc(/C=C/COC[C@H]2OC(O[C@@H]3[C@H](O)[C@@H](O)[C@H](O[C@@H]4[C@H](O)[C@@H](O)[C@H](Oc5cc6c(O)cc(O)cc6[o+]c5-c5ccc(O)c(O)c5)O[C@@H]4CO)O[C@@H]3CO)[C@H](O)[C@@H](O)[C@@H]2O)ccc1O. The van der Waals surface area contributed by atoms with Gasteiger partial charge >= 0.3 is 11.3 Å². The van der Waals surface area contributed by atoms with E-state index in [4.69, 9.17) is 42.3 Å². The lowest BCUT2D eigenvalue weighted by molar-refractivity contribution is -0.376. The Morgan fingerprint density at radius 1 is 0.591 bits per heavy atom. The van der Waals surface area contributed by atoms with Crippen LogP contribution in [0.1, 0.15) is 5.56 Å². The van der Waals surface area contributed by atoms with E-state index in [0.717, 1.165) is 18.2 Å². The molecule has 0 spiro atoms. The van der Waals surface area contributed by atoms with Gasteiger partial charge in [0.25, 0.3) is 0 Å². The molecule has 3 aromatic carbocycles. The van der Waals surface area contributed by atoms with Crippen LogP contribution in [0, 0.1) is 0 Å². The van der Waals surface area contributed by atoms with Crippen LogP contribution in [-0.4, -0.2) is 197 Å². The Morgan fingerprint density at radius 2 is 1.20 bits per heavy atom. The molecular weight excluding hydrogens is 884 g/mol. The smallest absolute Gasteiger partial charge is 0.402 e. The average molecular weight is 936 g/mol. The Bertz CT molecular complexity index is 2310. The van der Waals surface area contributed by atoms with Crippen molar-refractivity contribution < 1.29 is 114 Å². The molecule has 0 saturated carbocycles. The van der Waals surface area contributed by atoms with Gasteiger partial charge in [-0.1, -0.05) is 18.2 Å². The molecule has 1 unspecified atom stereocenters. The van der Waals surface area contributed by atoms with Crippen molar-refractivity contribution in [1.29, 1.82) is 0 Å². The standard InChI is InChI=1S/C43H50O23/c1-58-26-9-17(4-6-22(26)48)3-2-8-59-16-30-31(51)32(52)35(55)42(64-30)65-40-29(15-45)63-43(37(57)34(40)54)66-39-28(14-44)62-41(36(56)33(39)53)61-27-13-20-23(49)11-19(46)12-25(20)60-38(27)18-5-7-21(47)24(50)10-18/h2-7,9-13,28-37,39-45,51-57H,8,14-16H2,1H3,(H4-,46,47,48,49,50)/p+1/b3-2+/t28-,29-,30-,31-,32+,33-,34-,35-,36-,37-,39+,40+,41-,42?,43+/m1/s1. The number of hydrogen-bond donors (Lipinski definition) is 14. The maximum absolute atomic E-state index is 11.3. The second-order valence-corrected chi connectivity index (χ2v) is 15.6. The summed E-state index contributed by atoms with van der Waals surface area (Å²) in [6.45, 7) is -2.15. The van der Waals surface area contributed by atoms with E-state index in [1.54, 1.807) is 24.3 Å². The molecule has 15 atom stereocenters. The molecule has 0 aliphatic carbocycles. The summed E-state index contributed by atoms with van der Waals surface area (Å²) < 4.78 is 51.2. The van der Waals surface area contributed by atoms with Crippen LogP contribution >= 0.6 is 0 Å². The third-order valence-corrected chi connectivity index (χ3v) is 11.2. The van der Waals surface area contributed by atoms with Gasteiger partial charge in [-0.3, -0.25) is 0 Å². The second-order valence-electron chi connectivity index (χ2n) is 15.6. The van der Waals surface area contributed by atoms with Gasteiger partial charge in [0.15, 0.2) is 35.6 Å². The van der Waals surface area contributed by atoms with Gasteiger partial charge < -0.3 is 109 Å². The van der Waals surface area contributed by atoms with Crippen LogP contribution in [0.25, 0.3) is 28.4 Å². The monoisotopic (exact) mass is 935 g/mol. The van der Waals surface area contributed by atoms with Crippen molar-refractivity contribution in [2.75, 3.05) is 33.5 Å². The number of aliphatic hydroxyl groups excluding tert-OH is 9. The van der Waals surface area contributed by atoms with Crippen LogP contribution in [0.4, 0.5) is 0 Å². The van der Waals surface area contributed by atoms with E-state index in [1.165, 1.54) is 31.4 Å². The van der Waals surface area contributed by atoms with Crippen molar-refractivity contribution in [3.63, 3.8) is 0 Å². The zero-order chi connectivity index (χ0) is 47.6. The lowest BCUT2D eigenvalue weighted by Crippen LogP contribution is -2.66. The average Bonchev–Trinajstić information content (AvgIpc) is 3.30. The van der Waals surface area contributed by atoms with Gasteiger partial charge in [-0.15, -0.1) is 0 Å². The maximum Gasteiger partial charge on any atom is 0.402 e. The number of rotatable bonds is 15. The van der Waals surface area contributed by atoms with E-state index in [-0.39, 0.29) is 58.5 Å². The molecular formula is C43H51O23+. The van der Waals surface area contributed by atoms with Crippen molar-refractivity contribution in [1.82, 2.24) is 0 Å². The van der Waals surface area contributed by atoms with Crippen molar-refractivity contribution >= 4 is 17.0 Å². The van der Waals surface area contributed by atoms with Crippen LogP contribution in [0.15, 0.2) is 65.1 Å². The Labute approximate surface area is 373 Å². The number of benzene rings is 3. The molecule has 23 heteroatoms. The number of phenols is 5. The molecule has 3 aliphatic heterocycles. The second kappa shape index (κ2) is 20.8. The highest BCUT2D eigenvalue weighted by atomic mass is 16.8. The van der Waals surface area contributed by atoms with Crippen molar-refractivity contribution in [3.8, 4) is 51.6 Å². The van der Waals surface area contributed by atoms with Crippen LogP contribution in [-0.2, 0) is 28.4 Å². The van der Waals surface area contributed by atoms with Gasteiger partial charge in [-0.2, -0.15) is 0 Å². The molecule has 7 rings (SSSR count). The minimum Gasteiger partial charge on any atom is -0.507 e. The number of phenolic OH excluding ortho intramolecular Hbond substituents is 5. The molecule has 3 aliphatic rings. The zero-order valence-electron chi connectivity index (χ0n) is 34.8. The topological polar surface area (TPSA) is 368 Å². The summed E-state index contributed by atoms with van der Waals surface area (Å²) in [6, 6.07) is 11.7. The minimum atomic E-state index is -2.05. The zero-order valence-corrected chi connectivity index (χ0v) is 34.8. The Hall–Kier alpha value is -5.19. The molecule has 4 aromatic rings. The van der Waals surface area contributed by atoms with Gasteiger partial charge in [0.2, 0.25) is 12.0 Å². The molecule has 14 N–H and O–H groups in total. The predicted molar refractivity (Wildman–Crippen MR) is 220 cm³/mol. The third-order valence-electron chi connectivity index (χ3n) is 11.2.